The Balaban J connectivity index is 1.85. The minimum Gasteiger partial charge on any atom is -0.482 e. The van der Waals surface area contributed by atoms with E-state index in [9.17, 15) is 9.59 Å². The van der Waals surface area contributed by atoms with Crippen LogP contribution in [0.4, 0.5) is 11.4 Å². The van der Waals surface area contributed by atoms with Gasteiger partial charge in [0.05, 0.1) is 5.69 Å². The molecule has 27 heavy (non-hydrogen) atoms. The number of hydrogen-bond donors (Lipinski definition) is 0. The molecule has 1 aliphatic rings. The van der Waals surface area contributed by atoms with Crippen molar-refractivity contribution in [3.63, 3.8) is 0 Å². The van der Waals surface area contributed by atoms with E-state index in [1.54, 1.807) is 11.9 Å². The summed E-state index contributed by atoms with van der Waals surface area (Å²) in [7, 11) is 1.73. The van der Waals surface area contributed by atoms with Gasteiger partial charge in [0, 0.05) is 12.7 Å². The monoisotopic (exact) mass is 366 g/mol. The van der Waals surface area contributed by atoms with E-state index < -0.39 is 0 Å². The van der Waals surface area contributed by atoms with E-state index in [1.165, 1.54) is 4.90 Å². The number of likely N-dealkylation sites (N-methyl/N-ethyl adjacent to an activating group) is 1. The fourth-order valence-corrected chi connectivity index (χ4v) is 3.07. The van der Waals surface area contributed by atoms with Gasteiger partial charge in [-0.25, -0.2) is 0 Å². The van der Waals surface area contributed by atoms with Crippen LogP contribution in [0.5, 0.6) is 5.75 Å². The molecule has 0 saturated heterocycles. The second kappa shape index (κ2) is 7.06. The standard InChI is InChI=1S/C22H26N2O3/c1-15-7-6-8-17(11-15)23(5)20(25)13-24-18-10-9-16(22(2,3)4)12-19(18)27-14-21(24)26/h6-12H,13-14H2,1-5H3. The van der Waals surface area contributed by atoms with Gasteiger partial charge in [0.25, 0.3) is 5.91 Å². The topological polar surface area (TPSA) is 49.9 Å². The Kier molecular flexibility index (Phi) is 4.96. The summed E-state index contributed by atoms with van der Waals surface area (Å²) >= 11 is 0. The minimum atomic E-state index is -0.211. The quantitative estimate of drug-likeness (QED) is 0.833. The predicted octanol–water partition coefficient (Wildman–Crippen LogP) is 3.68. The molecule has 142 valence electrons. The highest BCUT2D eigenvalue weighted by atomic mass is 16.5. The van der Waals surface area contributed by atoms with Crippen molar-refractivity contribution in [1.82, 2.24) is 0 Å². The predicted molar refractivity (Wildman–Crippen MR) is 108 cm³/mol. The number of carbonyl (C=O) groups excluding carboxylic acids is 2. The van der Waals surface area contributed by atoms with Gasteiger partial charge in [-0.1, -0.05) is 39.0 Å². The molecule has 0 spiro atoms. The molecular formula is C22H26N2O3. The van der Waals surface area contributed by atoms with Crippen LogP contribution in [0.25, 0.3) is 0 Å². The molecule has 0 atom stereocenters. The summed E-state index contributed by atoms with van der Waals surface area (Å²) in [6.45, 7) is 8.29. The van der Waals surface area contributed by atoms with Crippen LogP contribution in [0.15, 0.2) is 42.5 Å². The number of ether oxygens (including phenoxy) is 1. The lowest BCUT2D eigenvalue weighted by Gasteiger charge is -2.31. The van der Waals surface area contributed by atoms with Crippen LogP contribution in [-0.2, 0) is 15.0 Å². The first-order valence-corrected chi connectivity index (χ1v) is 9.08. The third kappa shape index (κ3) is 3.97. The molecular weight excluding hydrogens is 340 g/mol. The average molecular weight is 366 g/mol. The zero-order valence-electron chi connectivity index (χ0n) is 16.6. The molecule has 0 unspecified atom stereocenters. The van der Waals surface area contributed by atoms with E-state index in [0.717, 1.165) is 16.8 Å². The largest absolute Gasteiger partial charge is 0.482 e. The first-order valence-electron chi connectivity index (χ1n) is 9.08. The third-order valence-corrected chi connectivity index (χ3v) is 4.83. The van der Waals surface area contributed by atoms with E-state index in [4.69, 9.17) is 4.74 Å². The summed E-state index contributed by atoms with van der Waals surface area (Å²) in [6, 6.07) is 13.5. The lowest BCUT2D eigenvalue weighted by Crippen LogP contribution is -2.45. The molecule has 2 aromatic rings. The molecule has 1 aliphatic heterocycles. The highest BCUT2D eigenvalue weighted by Gasteiger charge is 2.29. The number of benzene rings is 2. The summed E-state index contributed by atoms with van der Waals surface area (Å²) in [5.41, 5.74) is 3.63. The molecule has 0 N–H and O–H groups in total. The van der Waals surface area contributed by atoms with Crippen molar-refractivity contribution in [2.45, 2.75) is 33.1 Å². The van der Waals surface area contributed by atoms with Gasteiger partial charge in [0.1, 0.15) is 12.3 Å². The summed E-state index contributed by atoms with van der Waals surface area (Å²) in [4.78, 5) is 28.3. The minimum absolute atomic E-state index is 0.0193. The summed E-state index contributed by atoms with van der Waals surface area (Å²) < 4.78 is 5.63. The normalized spacial score (nSPS) is 13.8. The SMILES string of the molecule is Cc1cccc(N(C)C(=O)CN2C(=O)COc3cc(C(C)(C)C)ccc32)c1. The first-order chi connectivity index (χ1) is 12.7. The zero-order chi connectivity index (χ0) is 19.8. The number of hydrogen-bond acceptors (Lipinski definition) is 3. The fourth-order valence-electron chi connectivity index (χ4n) is 3.07. The van der Waals surface area contributed by atoms with E-state index in [-0.39, 0.29) is 30.4 Å². The molecule has 1 heterocycles. The van der Waals surface area contributed by atoms with Crippen molar-refractivity contribution in [1.29, 1.82) is 0 Å². The second-order valence-electron chi connectivity index (χ2n) is 7.99. The molecule has 0 saturated carbocycles. The Morgan fingerprint density at radius 2 is 1.93 bits per heavy atom. The van der Waals surface area contributed by atoms with E-state index >= 15 is 0 Å². The number of rotatable bonds is 3. The lowest BCUT2D eigenvalue weighted by atomic mass is 9.86. The number of nitrogens with zero attached hydrogens (tertiary/aromatic N) is 2. The van der Waals surface area contributed by atoms with Gasteiger partial charge >= 0.3 is 0 Å². The molecule has 0 bridgehead atoms. The van der Waals surface area contributed by atoms with Crippen LogP contribution in [0, 0.1) is 6.92 Å². The summed E-state index contributed by atoms with van der Waals surface area (Å²) in [5, 5.41) is 0. The maximum Gasteiger partial charge on any atom is 0.265 e. The maximum absolute atomic E-state index is 12.8. The molecule has 2 aromatic carbocycles. The number of aryl methyl sites for hydroxylation is 1. The van der Waals surface area contributed by atoms with Gasteiger partial charge in [-0.05, 0) is 47.7 Å². The number of amides is 2. The molecule has 0 fully saturated rings. The van der Waals surface area contributed by atoms with Crippen LogP contribution in [-0.4, -0.2) is 32.0 Å². The first kappa shape index (κ1) is 19.0. The van der Waals surface area contributed by atoms with Gasteiger partial charge in [0.2, 0.25) is 5.91 Å². The van der Waals surface area contributed by atoms with Gasteiger partial charge in [-0.2, -0.15) is 0 Å². The van der Waals surface area contributed by atoms with E-state index in [2.05, 4.69) is 20.8 Å². The maximum atomic E-state index is 12.8. The molecule has 3 rings (SSSR count). The van der Waals surface area contributed by atoms with Crippen LogP contribution >= 0.6 is 0 Å². The van der Waals surface area contributed by atoms with Gasteiger partial charge in [-0.15, -0.1) is 0 Å². The van der Waals surface area contributed by atoms with Crippen molar-refractivity contribution in [2.24, 2.45) is 0 Å². The zero-order valence-corrected chi connectivity index (χ0v) is 16.6. The summed E-state index contributed by atoms with van der Waals surface area (Å²) in [5.74, 6) is 0.284. The second-order valence-corrected chi connectivity index (χ2v) is 7.99. The van der Waals surface area contributed by atoms with Crippen LogP contribution < -0.4 is 14.5 Å². The Hall–Kier alpha value is -2.82. The number of carbonyl (C=O) groups is 2. The molecule has 5 nitrogen and oxygen atoms in total. The average Bonchev–Trinajstić information content (AvgIpc) is 2.62. The van der Waals surface area contributed by atoms with Gasteiger partial charge in [-0.3, -0.25) is 14.5 Å². The van der Waals surface area contributed by atoms with Gasteiger partial charge in [0.15, 0.2) is 6.61 Å². The third-order valence-electron chi connectivity index (χ3n) is 4.83. The molecule has 5 heteroatoms. The Morgan fingerprint density at radius 3 is 2.59 bits per heavy atom. The highest BCUT2D eigenvalue weighted by molar-refractivity contribution is 6.05. The van der Waals surface area contributed by atoms with Crippen LogP contribution in [0.2, 0.25) is 0 Å². The summed E-state index contributed by atoms with van der Waals surface area (Å²) in [6.07, 6.45) is 0. The highest BCUT2D eigenvalue weighted by Crippen LogP contribution is 2.36. The van der Waals surface area contributed by atoms with Crippen molar-refractivity contribution in [3.05, 3.63) is 53.6 Å². The van der Waals surface area contributed by atoms with E-state index in [1.807, 2.05) is 49.4 Å². The number of anilines is 2. The Bertz CT molecular complexity index is 883. The Morgan fingerprint density at radius 1 is 1.19 bits per heavy atom. The molecule has 0 aromatic heterocycles. The Labute approximate surface area is 160 Å². The van der Waals surface area contributed by atoms with Gasteiger partial charge < -0.3 is 9.64 Å². The van der Waals surface area contributed by atoms with Crippen LogP contribution in [0.1, 0.15) is 31.9 Å². The van der Waals surface area contributed by atoms with E-state index in [0.29, 0.717) is 11.4 Å². The van der Waals surface area contributed by atoms with Crippen molar-refractivity contribution < 1.29 is 14.3 Å². The molecule has 0 aliphatic carbocycles. The number of fused-ring (bicyclic) bond motifs is 1. The lowest BCUT2D eigenvalue weighted by molar-refractivity contribution is -0.124. The van der Waals surface area contributed by atoms with Crippen molar-refractivity contribution >= 4 is 23.2 Å². The van der Waals surface area contributed by atoms with Crippen molar-refractivity contribution in [2.75, 3.05) is 30.0 Å². The smallest absolute Gasteiger partial charge is 0.265 e. The molecule has 2 amide bonds. The van der Waals surface area contributed by atoms with Crippen molar-refractivity contribution in [3.8, 4) is 5.75 Å². The molecule has 0 radical (unpaired) electrons. The van der Waals surface area contributed by atoms with Crippen LogP contribution in [0.3, 0.4) is 0 Å². The fraction of sp³-hybridized carbons (Fsp3) is 0.364.